The number of hydrogen-bond donors (Lipinski definition) is 3. The molecule has 0 bridgehead atoms. The summed E-state index contributed by atoms with van der Waals surface area (Å²) in [6.45, 7) is 4.13. The van der Waals surface area contributed by atoms with E-state index in [1.807, 2.05) is 12.3 Å². The van der Waals surface area contributed by atoms with Gasteiger partial charge < -0.3 is 20.9 Å². The van der Waals surface area contributed by atoms with E-state index in [2.05, 4.69) is 33.5 Å². The smallest absolute Gasteiger partial charge is 0.222 e. The van der Waals surface area contributed by atoms with Crippen LogP contribution in [0.2, 0.25) is 0 Å². The molecule has 0 aliphatic rings. The second kappa shape index (κ2) is 6.49. The summed E-state index contributed by atoms with van der Waals surface area (Å²) in [5.74, 6) is 2.31. The number of rotatable bonds is 5. The normalized spacial score (nSPS) is 10.7. The Bertz CT molecular complexity index is 634. The lowest BCUT2D eigenvalue weighted by molar-refractivity contribution is 0.470. The van der Waals surface area contributed by atoms with E-state index in [0.29, 0.717) is 17.3 Å². The monoisotopic (exact) mass is 306 g/mol. The highest BCUT2D eigenvalue weighted by Gasteiger charge is 2.13. The molecule has 2 aromatic heterocycles. The maximum atomic E-state index is 5.85. The van der Waals surface area contributed by atoms with Crippen LogP contribution in [0.5, 0.6) is 11.5 Å². The van der Waals surface area contributed by atoms with Crippen LogP contribution in [0.15, 0.2) is 18.5 Å². The highest BCUT2D eigenvalue weighted by molar-refractivity contribution is 7.99. The number of anilines is 3. The quantitative estimate of drug-likeness (QED) is 0.723. The summed E-state index contributed by atoms with van der Waals surface area (Å²) >= 11 is 1.46. The lowest BCUT2D eigenvalue weighted by atomic mass is 10.0. The Morgan fingerprint density at radius 2 is 1.95 bits per heavy atom. The van der Waals surface area contributed by atoms with E-state index in [-0.39, 0.29) is 17.7 Å². The molecule has 0 aliphatic carbocycles. The van der Waals surface area contributed by atoms with Crippen molar-refractivity contribution in [3.05, 3.63) is 24.0 Å². The van der Waals surface area contributed by atoms with Crippen molar-refractivity contribution in [2.75, 3.05) is 22.4 Å². The van der Waals surface area contributed by atoms with Gasteiger partial charge in [0.15, 0.2) is 11.6 Å². The van der Waals surface area contributed by atoms with Gasteiger partial charge in [-0.2, -0.15) is 4.98 Å². The van der Waals surface area contributed by atoms with Crippen molar-refractivity contribution in [2.45, 2.75) is 19.8 Å². The van der Waals surface area contributed by atoms with E-state index in [1.54, 1.807) is 6.20 Å². The average Bonchev–Trinajstić information content (AvgIpc) is 2.42. The molecule has 0 fully saturated rings. The predicted octanol–water partition coefficient (Wildman–Crippen LogP) is 2.64. The first-order chi connectivity index (χ1) is 10.0. The molecule has 0 amide bonds. The number of nitrogens with one attached hydrogen (secondary N) is 1. The van der Waals surface area contributed by atoms with Crippen LogP contribution in [0, 0.1) is 0 Å². The van der Waals surface area contributed by atoms with E-state index in [4.69, 9.17) is 16.2 Å². The molecule has 0 unspecified atom stereocenters. The highest BCUT2D eigenvalue weighted by atomic mass is 32.2. The van der Waals surface area contributed by atoms with Gasteiger partial charge in [0.2, 0.25) is 5.95 Å². The summed E-state index contributed by atoms with van der Waals surface area (Å²) in [6.07, 6.45) is 5.17. The van der Waals surface area contributed by atoms with Crippen molar-refractivity contribution < 1.29 is 4.74 Å². The zero-order chi connectivity index (χ0) is 15.4. The minimum atomic E-state index is 0.114. The molecule has 2 aromatic rings. The van der Waals surface area contributed by atoms with Gasteiger partial charge in [-0.25, -0.2) is 9.97 Å². The van der Waals surface area contributed by atoms with Crippen molar-refractivity contribution in [3.63, 3.8) is 0 Å². The van der Waals surface area contributed by atoms with Crippen LogP contribution in [-0.4, -0.2) is 21.2 Å². The summed E-state index contributed by atoms with van der Waals surface area (Å²) in [6, 6.07) is 1.82. The Labute approximate surface area is 127 Å². The number of nitrogens with two attached hydrogens (primary N) is 2. The number of pyridine rings is 1. The van der Waals surface area contributed by atoms with E-state index in [0.717, 1.165) is 5.56 Å². The van der Waals surface area contributed by atoms with Crippen LogP contribution in [0.25, 0.3) is 0 Å². The molecule has 0 saturated carbocycles. The zero-order valence-electron chi connectivity index (χ0n) is 12.1. The molecule has 7 nitrogen and oxygen atoms in total. The van der Waals surface area contributed by atoms with Crippen molar-refractivity contribution in [2.24, 2.45) is 0 Å². The van der Waals surface area contributed by atoms with Crippen molar-refractivity contribution in [3.8, 4) is 11.5 Å². The fourth-order valence-corrected chi connectivity index (χ4v) is 2.05. The molecule has 2 heterocycles. The lowest BCUT2D eigenvalue weighted by Gasteiger charge is -2.15. The third kappa shape index (κ3) is 3.66. The summed E-state index contributed by atoms with van der Waals surface area (Å²) in [5.41, 5.74) is 12.3. The maximum absolute atomic E-state index is 5.85. The number of nitrogens with zero attached hydrogens (tertiary/aromatic N) is 3. The molecule has 0 aliphatic heterocycles. The van der Waals surface area contributed by atoms with Gasteiger partial charge in [0.1, 0.15) is 11.6 Å². The Balaban J connectivity index is 2.38. The van der Waals surface area contributed by atoms with E-state index < -0.39 is 0 Å². The summed E-state index contributed by atoms with van der Waals surface area (Å²) in [7, 11) is 0. The molecule has 21 heavy (non-hydrogen) atoms. The van der Waals surface area contributed by atoms with Crippen molar-refractivity contribution >= 4 is 29.5 Å². The summed E-state index contributed by atoms with van der Waals surface area (Å²) < 4.78 is 8.92. The fraction of sp³-hybridized carbons (Fsp3) is 0.308. The topological polar surface area (TPSA) is 112 Å². The Hall–Kier alpha value is -2.22. The maximum Gasteiger partial charge on any atom is 0.222 e. The van der Waals surface area contributed by atoms with Crippen LogP contribution < -0.4 is 20.9 Å². The highest BCUT2D eigenvalue weighted by Crippen LogP contribution is 2.33. The number of nitrogen functional groups attached to an aromatic ring is 2. The van der Waals surface area contributed by atoms with Gasteiger partial charge in [0.05, 0.1) is 6.20 Å². The summed E-state index contributed by atoms with van der Waals surface area (Å²) in [5, 5.41) is 0. The number of hydrogen-bond acceptors (Lipinski definition) is 8. The van der Waals surface area contributed by atoms with Crippen LogP contribution in [0.3, 0.4) is 0 Å². The molecule has 0 saturated heterocycles. The Kier molecular flexibility index (Phi) is 4.69. The lowest BCUT2D eigenvalue weighted by Crippen LogP contribution is -2.03. The number of ether oxygens (including phenoxy) is 1. The second-order valence-electron chi connectivity index (χ2n) is 4.65. The molecular formula is C13H18N6OS. The molecular weight excluding hydrogens is 288 g/mol. The minimum absolute atomic E-state index is 0.114. The van der Waals surface area contributed by atoms with Gasteiger partial charge in [0, 0.05) is 24.1 Å². The molecule has 0 radical (unpaired) electrons. The van der Waals surface area contributed by atoms with E-state index in [9.17, 15) is 0 Å². The van der Waals surface area contributed by atoms with Crippen LogP contribution in [-0.2, 0) is 0 Å². The zero-order valence-corrected chi connectivity index (χ0v) is 12.9. The third-order valence-corrected chi connectivity index (χ3v) is 3.16. The third-order valence-electron chi connectivity index (χ3n) is 2.75. The first-order valence-corrected chi connectivity index (χ1v) is 7.58. The predicted molar refractivity (Wildman–Crippen MR) is 86.4 cm³/mol. The van der Waals surface area contributed by atoms with Gasteiger partial charge in [-0.15, -0.1) is 0 Å². The average molecular weight is 306 g/mol. The Morgan fingerprint density at radius 1 is 1.19 bits per heavy atom. The molecule has 2 rings (SSSR count). The van der Waals surface area contributed by atoms with Gasteiger partial charge in [-0.1, -0.05) is 25.8 Å². The van der Waals surface area contributed by atoms with Crippen molar-refractivity contribution in [1.82, 2.24) is 15.0 Å². The largest absolute Gasteiger partial charge is 0.451 e. The van der Waals surface area contributed by atoms with Crippen LogP contribution in [0.4, 0.5) is 17.6 Å². The summed E-state index contributed by atoms with van der Waals surface area (Å²) in [4.78, 5) is 12.1. The first-order valence-electron chi connectivity index (χ1n) is 6.36. The van der Waals surface area contributed by atoms with Gasteiger partial charge in [-0.05, 0) is 5.92 Å². The van der Waals surface area contributed by atoms with E-state index in [1.165, 1.54) is 18.1 Å². The first kappa shape index (κ1) is 15.2. The van der Waals surface area contributed by atoms with Gasteiger partial charge >= 0.3 is 0 Å². The van der Waals surface area contributed by atoms with Crippen molar-refractivity contribution in [1.29, 1.82) is 0 Å². The van der Waals surface area contributed by atoms with Gasteiger partial charge in [-0.3, -0.25) is 0 Å². The van der Waals surface area contributed by atoms with Crippen LogP contribution in [0.1, 0.15) is 25.3 Å². The molecule has 0 spiro atoms. The molecule has 5 N–H and O–H groups in total. The molecule has 0 aromatic carbocycles. The van der Waals surface area contributed by atoms with Gasteiger partial charge in [0.25, 0.3) is 0 Å². The standard InChI is InChI=1S/C13H18N6OS/c1-7(2)8-5-16-11(19-21-3)4-9(8)20-10-6-17-13(15)18-12(10)14/h4-7H,1-3H3,(H,16,19)(H4,14,15,17,18). The van der Waals surface area contributed by atoms with Crippen LogP contribution >= 0.6 is 11.9 Å². The van der Waals surface area contributed by atoms with E-state index >= 15 is 0 Å². The molecule has 0 atom stereocenters. The molecule has 8 heteroatoms. The number of aromatic nitrogens is 3. The Morgan fingerprint density at radius 3 is 2.57 bits per heavy atom. The SMILES string of the molecule is CSNc1cc(Oc2cnc(N)nc2N)c(C(C)C)cn1. The fourth-order valence-electron chi connectivity index (χ4n) is 1.73. The second-order valence-corrected chi connectivity index (χ2v) is 5.26. The minimum Gasteiger partial charge on any atom is -0.451 e. The molecule has 112 valence electrons.